The number of aromatic nitrogens is 4. The predicted molar refractivity (Wildman–Crippen MR) is 79.0 cm³/mol. The molecule has 2 rings (SSSR count). The highest BCUT2D eigenvalue weighted by Gasteiger charge is 2.19. The third-order valence-corrected chi connectivity index (χ3v) is 3.71. The molecule has 0 fully saturated rings. The number of imidazole rings is 1. The van der Waals surface area contributed by atoms with Crippen molar-refractivity contribution in [2.75, 3.05) is 5.73 Å². The molecule has 0 saturated heterocycles. The fourth-order valence-corrected chi connectivity index (χ4v) is 2.70. The van der Waals surface area contributed by atoms with Crippen LogP contribution in [0, 0.1) is 12.8 Å². The zero-order valence-electron chi connectivity index (χ0n) is 12.6. The van der Waals surface area contributed by atoms with Crippen LogP contribution in [0.4, 0.5) is 5.95 Å². The van der Waals surface area contributed by atoms with Crippen molar-refractivity contribution in [3.05, 3.63) is 5.69 Å². The van der Waals surface area contributed by atoms with Crippen molar-refractivity contribution in [1.29, 1.82) is 0 Å². The first kappa shape index (κ1) is 13.9. The first-order valence-corrected chi connectivity index (χ1v) is 7.08. The van der Waals surface area contributed by atoms with E-state index in [0.717, 1.165) is 29.2 Å². The Morgan fingerprint density at radius 1 is 1.21 bits per heavy atom. The fourth-order valence-electron chi connectivity index (χ4n) is 2.70. The minimum absolute atomic E-state index is 0.360. The van der Waals surface area contributed by atoms with Gasteiger partial charge in [0.25, 0.3) is 0 Å². The Bertz CT molecular complexity index is 564. The molecule has 2 aromatic rings. The molecule has 106 valence electrons. The summed E-state index contributed by atoms with van der Waals surface area (Å²) in [5.41, 5.74) is 8.98. The molecule has 0 aromatic carbocycles. The van der Waals surface area contributed by atoms with Gasteiger partial charge in [-0.25, -0.2) is 4.98 Å². The monoisotopic (exact) mass is 263 g/mol. The van der Waals surface area contributed by atoms with Gasteiger partial charge in [0, 0.05) is 13.1 Å². The Morgan fingerprint density at radius 3 is 2.53 bits per heavy atom. The van der Waals surface area contributed by atoms with E-state index in [2.05, 4.69) is 35.4 Å². The van der Waals surface area contributed by atoms with Crippen molar-refractivity contribution >= 4 is 17.1 Å². The van der Waals surface area contributed by atoms with E-state index >= 15 is 0 Å². The summed E-state index contributed by atoms with van der Waals surface area (Å²) in [5.74, 6) is 1.36. The summed E-state index contributed by atoms with van der Waals surface area (Å²) in [4.78, 5) is 4.46. The number of fused-ring (bicyclic) bond motifs is 1. The number of nitrogen functional groups attached to an aromatic ring is 1. The van der Waals surface area contributed by atoms with Crippen molar-refractivity contribution < 1.29 is 0 Å². The molecule has 5 heteroatoms. The molecule has 2 heterocycles. The topological polar surface area (TPSA) is 61.7 Å². The van der Waals surface area contributed by atoms with Crippen LogP contribution in [0.2, 0.25) is 0 Å². The van der Waals surface area contributed by atoms with Gasteiger partial charge in [-0.05, 0) is 26.2 Å². The lowest BCUT2D eigenvalue weighted by atomic mass is 10.0. The minimum Gasteiger partial charge on any atom is -0.369 e. The largest absolute Gasteiger partial charge is 0.369 e. The Morgan fingerprint density at radius 2 is 1.89 bits per heavy atom. The molecule has 0 aliphatic heterocycles. The standard InChI is InChI=1S/C14H25N5/c1-9(2)7-6-8-10(3)19-13-12(16-14(19)15)11(4)17-18(13)5/h9-10H,6-8H2,1-5H3,(H2,15,16). The summed E-state index contributed by atoms with van der Waals surface area (Å²) in [5, 5.41) is 4.42. The van der Waals surface area contributed by atoms with Crippen LogP contribution in [0.5, 0.6) is 0 Å². The zero-order chi connectivity index (χ0) is 14.2. The molecule has 1 unspecified atom stereocenters. The Hall–Kier alpha value is -1.52. The molecular formula is C14H25N5. The van der Waals surface area contributed by atoms with Gasteiger partial charge in [-0.15, -0.1) is 0 Å². The quantitative estimate of drug-likeness (QED) is 0.901. The number of hydrogen-bond donors (Lipinski definition) is 1. The van der Waals surface area contributed by atoms with Crippen LogP contribution in [0.1, 0.15) is 51.8 Å². The van der Waals surface area contributed by atoms with E-state index in [1.165, 1.54) is 12.8 Å². The third kappa shape index (κ3) is 2.60. The lowest BCUT2D eigenvalue weighted by Gasteiger charge is -2.16. The maximum absolute atomic E-state index is 6.08. The van der Waals surface area contributed by atoms with Gasteiger partial charge in [-0.1, -0.05) is 26.7 Å². The third-order valence-electron chi connectivity index (χ3n) is 3.71. The SMILES string of the molecule is Cc1nn(C)c2c1nc(N)n2C(C)CCCC(C)C. The highest BCUT2D eigenvalue weighted by molar-refractivity contribution is 5.77. The molecule has 0 aliphatic rings. The predicted octanol–water partition coefficient (Wildman–Crippen LogP) is 3.05. The van der Waals surface area contributed by atoms with Crippen LogP contribution in [-0.2, 0) is 7.05 Å². The number of nitrogens with zero attached hydrogens (tertiary/aromatic N) is 4. The van der Waals surface area contributed by atoms with Gasteiger partial charge in [0.1, 0.15) is 5.52 Å². The van der Waals surface area contributed by atoms with Gasteiger partial charge < -0.3 is 5.73 Å². The Kier molecular flexibility index (Phi) is 3.83. The van der Waals surface area contributed by atoms with Gasteiger partial charge in [0.15, 0.2) is 5.65 Å². The number of rotatable bonds is 5. The molecule has 19 heavy (non-hydrogen) atoms. The van der Waals surface area contributed by atoms with Gasteiger partial charge in [-0.3, -0.25) is 9.25 Å². The van der Waals surface area contributed by atoms with Crippen molar-refractivity contribution in [3.63, 3.8) is 0 Å². The first-order valence-electron chi connectivity index (χ1n) is 7.08. The lowest BCUT2D eigenvalue weighted by molar-refractivity contribution is 0.452. The van der Waals surface area contributed by atoms with E-state index in [0.29, 0.717) is 12.0 Å². The summed E-state index contributed by atoms with van der Waals surface area (Å²) >= 11 is 0. The van der Waals surface area contributed by atoms with Crippen molar-refractivity contribution in [3.8, 4) is 0 Å². The molecule has 2 aromatic heterocycles. The molecule has 5 nitrogen and oxygen atoms in total. The summed E-state index contributed by atoms with van der Waals surface area (Å²) in [6.07, 6.45) is 3.60. The van der Waals surface area contributed by atoms with Gasteiger partial charge >= 0.3 is 0 Å². The number of anilines is 1. The Labute approximate surface area is 114 Å². The van der Waals surface area contributed by atoms with E-state index in [9.17, 15) is 0 Å². The van der Waals surface area contributed by atoms with E-state index in [1.54, 1.807) is 0 Å². The summed E-state index contributed by atoms with van der Waals surface area (Å²) < 4.78 is 4.00. The number of aryl methyl sites for hydroxylation is 2. The van der Waals surface area contributed by atoms with Crippen LogP contribution in [0.3, 0.4) is 0 Å². The van der Waals surface area contributed by atoms with Gasteiger partial charge in [0.05, 0.1) is 5.69 Å². The lowest BCUT2D eigenvalue weighted by Crippen LogP contribution is -2.11. The molecule has 0 amide bonds. The highest BCUT2D eigenvalue weighted by Crippen LogP contribution is 2.27. The minimum atomic E-state index is 0.360. The second kappa shape index (κ2) is 5.23. The Balaban J connectivity index is 2.26. The van der Waals surface area contributed by atoms with Crippen molar-refractivity contribution in [1.82, 2.24) is 19.3 Å². The smallest absolute Gasteiger partial charge is 0.202 e. The maximum Gasteiger partial charge on any atom is 0.202 e. The van der Waals surface area contributed by atoms with E-state index in [1.807, 2.05) is 18.7 Å². The molecule has 0 spiro atoms. The van der Waals surface area contributed by atoms with E-state index in [4.69, 9.17) is 5.73 Å². The highest BCUT2D eigenvalue weighted by atomic mass is 15.4. The van der Waals surface area contributed by atoms with Crippen LogP contribution < -0.4 is 5.73 Å². The molecule has 0 bridgehead atoms. The van der Waals surface area contributed by atoms with E-state index < -0.39 is 0 Å². The average molecular weight is 263 g/mol. The average Bonchev–Trinajstić information content (AvgIpc) is 2.77. The second-order valence-corrected chi connectivity index (χ2v) is 5.90. The van der Waals surface area contributed by atoms with Crippen molar-refractivity contribution in [2.45, 2.75) is 53.0 Å². The van der Waals surface area contributed by atoms with Gasteiger partial charge in [-0.2, -0.15) is 5.10 Å². The molecule has 0 radical (unpaired) electrons. The number of hydrogen-bond acceptors (Lipinski definition) is 3. The first-order chi connectivity index (χ1) is 8.91. The second-order valence-electron chi connectivity index (χ2n) is 5.90. The van der Waals surface area contributed by atoms with Crippen LogP contribution >= 0.6 is 0 Å². The normalized spacial score (nSPS) is 13.6. The molecular weight excluding hydrogens is 238 g/mol. The summed E-state index contributed by atoms with van der Waals surface area (Å²) in [6, 6.07) is 0.360. The van der Waals surface area contributed by atoms with E-state index in [-0.39, 0.29) is 0 Å². The van der Waals surface area contributed by atoms with Gasteiger partial charge in [0.2, 0.25) is 5.95 Å². The van der Waals surface area contributed by atoms with Crippen molar-refractivity contribution in [2.24, 2.45) is 13.0 Å². The summed E-state index contributed by atoms with van der Waals surface area (Å²) in [6.45, 7) is 8.71. The summed E-state index contributed by atoms with van der Waals surface area (Å²) in [7, 11) is 1.95. The van der Waals surface area contributed by atoms with Crippen LogP contribution in [-0.4, -0.2) is 19.3 Å². The molecule has 0 aliphatic carbocycles. The van der Waals surface area contributed by atoms with Crippen LogP contribution in [0.25, 0.3) is 11.2 Å². The molecule has 0 saturated carbocycles. The number of nitrogens with two attached hydrogens (primary N) is 1. The zero-order valence-corrected chi connectivity index (χ0v) is 12.6. The maximum atomic E-state index is 6.08. The fraction of sp³-hybridized carbons (Fsp3) is 0.714. The molecule has 2 N–H and O–H groups in total. The van der Waals surface area contributed by atoms with Crippen LogP contribution in [0.15, 0.2) is 0 Å². The molecule has 1 atom stereocenters.